The van der Waals surface area contributed by atoms with Crippen molar-refractivity contribution in [3.8, 4) is 0 Å². The van der Waals surface area contributed by atoms with Gasteiger partial charge in [-0.1, -0.05) is 27.7 Å². The highest BCUT2D eigenvalue weighted by atomic mass is 16.2. The summed E-state index contributed by atoms with van der Waals surface area (Å²) in [6.45, 7) is 11.9. The quantitative estimate of drug-likeness (QED) is 0.883. The second-order valence-corrected chi connectivity index (χ2v) is 6.80. The van der Waals surface area contributed by atoms with Crippen molar-refractivity contribution < 1.29 is 4.79 Å². The topological polar surface area (TPSA) is 73.9 Å². The molecule has 1 aliphatic heterocycles. The number of amides is 1. The van der Waals surface area contributed by atoms with Crippen molar-refractivity contribution in [2.45, 2.75) is 46.0 Å². The molecule has 0 spiro atoms. The summed E-state index contributed by atoms with van der Waals surface area (Å²) in [5.74, 6) is 1.67. The Hall–Kier alpha value is -1.43. The van der Waals surface area contributed by atoms with Crippen LogP contribution >= 0.6 is 0 Å². The molecule has 1 saturated heterocycles. The summed E-state index contributed by atoms with van der Waals surface area (Å²) < 4.78 is 0. The number of carbonyl (C=O) groups excluding carboxylic acids is 1. The molecule has 1 fully saturated rings. The van der Waals surface area contributed by atoms with E-state index in [9.17, 15) is 4.79 Å². The molecule has 0 atom stereocenters. The van der Waals surface area contributed by atoms with Gasteiger partial charge in [0.2, 0.25) is 5.82 Å². The summed E-state index contributed by atoms with van der Waals surface area (Å²) in [6, 6.07) is 0. The van der Waals surface area contributed by atoms with Gasteiger partial charge in [-0.05, 0) is 31.8 Å². The fourth-order valence-electron chi connectivity index (χ4n) is 2.52. The average molecular weight is 293 g/mol. The number of nitrogens with zero attached hydrogens (tertiary/aromatic N) is 3. The molecule has 0 bridgehead atoms. The highest BCUT2D eigenvalue weighted by Gasteiger charge is 2.27. The van der Waals surface area contributed by atoms with E-state index < -0.39 is 0 Å². The van der Waals surface area contributed by atoms with Crippen molar-refractivity contribution in [1.29, 1.82) is 0 Å². The highest BCUT2D eigenvalue weighted by Crippen LogP contribution is 2.20. The van der Waals surface area contributed by atoms with Gasteiger partial charge >= 0.3 is 0 Å². The molecule has 1 amide bonds. The van der Waals surface area contributed by atoms with Crippen molar-refractivity contribution in [2.75, 3.05) is 26.2 Å². The molecule has 1 aromatic heterocycles. The maximum absolute atomic E-state index is 12.4. The second-order valence-electron chi connectivity index (χ2n) is 6.80. The summed E-state index contributed by atoms with van der Waals surface area (Å²) >= 11 is 0. The first-order valence-electron chi connectivity index (χ1n) is 7.84. The zero-order chi connectivity index (χ0) is 15.5. The summed E-state index contributed by atoms with van der Waals surface area (Å²) in [5, 5.41) is 10.4. The molecule has 0 radical (unpaired) electrons. The summed E-state index contributed by atoms with van der Waals surface area (Å²) in [5.41, 5.74) is -0.121. The molecule has 118 valence electrons. The van der Waals surface area contributed by atoms with Crippen LogP contribution in [0.3, 0.4) is 0 Å². The highest BCUT2D eigenvalue weighted by molar-refractivity contribution is 5.90. The number of hydrogen-bond donors (Lipinski definition) is 2. The Labute approximate surface area is 126 Å². The molecule has 1 aromatic rings. The number of piperidine rings is 1. The number of hydrogen-bond acceptors (Lipinski definition) is 4. The van der Waals surface area contributed by atoms with E-state index in [4.69, 9.17) is 0 Å². The van der Waals surface area contributed by atoms with Crippen LogP contribution in [-0.2, 0) is 5.41 Å². The lowest BCUT2D eigenvalue weighted by Gasteiger charge is -2.31. The molecule has 6 heteroatoms. The van der Waals surface area contributed by atoms with Gasteiger partial charge in [0.05, 0.1) is 0 Å². The minimum atomic E-state index is -0.121. The van der Waals surface area contributed by atoms with Crippen LogP contribution < -0.4 is 5.32 Å². The molecule has 2 rings (SSSR count). The zero-order valence-electron chi connectivity index (χ0n) is 13.6. The fraction of sp³-hybridized carbons (Fsp3) is 0.800. The Balaban J connectivity index is 1.91. The standard InChI is InChI=1S/C15H27N5O/c1-5-16-10-11-6-8-20(9-7-11)13(21)12-17-14(19-18-12)15(2,3)4/h11,16H,5-10H2,1-4H3,(H,17,18,19). The molecule has 2 N–H and O–H groups in total. The lowest BCUT2D eigenvalue weighted by atomic mass is 9.96. The maximum atomic E-state index is 12.4. The minimum absolute atomic E-state index is 0.0522. The van der Waals surface area contributed by atoms with Crippen molar-refractivity contribution in [1.82, 2.24) is 25.4 Å². The van der Waals surface area contributed by atoms with Gasteiger partial charge in [0, 0.05) is 18.5 Å². The van der Waals surface area contributed by atoms with E-state index >= 15 is 0 Å². The Kier molecular flexibility index (Phi) is 4.98. The maximum Gasteiger partial charge on any atom is 0.293 e. The number of H-pyrrole nitrogens is 1. The largest absolute Gasteiger partial charge is 0.336 e. The van der Waals surface area contributed by atoms with Gasteiger partial charge < -0.3 is 10.2 Å². The number of aromatic amines is 1. The van der Waals surface area contributed by atoms with Crippen LogP contribution in [0.4, 0.5) is 0 Å². The van der Waals surface area contributed by atoms with Crippen LogP contribution in [0.15, 0.2) is 0 Å². The van der Waals surface area contributed by atoms with E-state index in [2.05, 4.69) is 27.4 Å². The molecule has 0 aliphatic carbocycles. The molecule has 2 heterocycles. The number of nitrogens with one attached hydrogen (secondary N) is 2. The van der Waals surface area contributed by atoms with Crippen molar-refractivity contribution in [3.63, 3.8) is 0 Å². The third kappa shape index (κ3) is 4.03. The van der Waals surface area contributed by atoms with E-state index in [-0.39, 0.29) is 11.3 Å². The molecular weight excluding hydrogens is 266 g/mol. The monoisotopic (exact) mass is 293 g/mol. The van der Waals surface area contributed by atoms with E-state index in [0.29, 0.717) is 11.7 Å². The van der Waals surface area contributed by atoms with Crippen LogP contribution in [0.1, 0.15) is 57.0 Å². The third-order valence-corrected chi connectivity index (χ3v) is 3.97. The molecule has 0 unspecified atom stereocenters. The molecule has 21 heavy (non-hydrogen) atoms. The van der Waals surface area contributed by atoms with E-state index in [1.807, 2.05) is 25.7 Å². The van der Waals surface area contributed by atoms with Gasteiger partial charge in [0.15, 0.2) is 0 Å². The van der Waals surface area contributed by atoms with Crippen LogP contribution in [-0.4, -0.2) is 52.2 Å². The third-order valence-electron chi connectivity index (χ3n) is 3.97. The summed E-state index contributed by atoms with van der Waals surface area (Å²) in [4.78, 5) is 18.7. The van der Waals surface area contributed by atoms with E-state index in [0.717, 1.165) is 44.8 Å². The first-order chi connectivity index (χ1) is 9.91. The Morgan fingerprint density at radius 1 is 1.38 bits per heavy atom. The number of rotatable bonds is 4. The lowest BCUT2D eigenvalue weighted by Crippen LogP contribution is -2.41. The van der Waals surface area contributed by atoms with Crippen LogP contribution in [0, 0.1) is 5.92 Å². The molecular formula is C15H27N5O. The van der Waals surface area contributed by atoms with Gasteiger partial charge in [-0.3, -0.25) is 9.89 Å². The predicted molar refractivity (Wildman–Crippen MR) is 82.3 cm³/mol. The summed E-state index contributed by atoms with van der Waals surface area (Å²) in [6.07, 6.45) is 2.10. The van der Waals surface area contributed by atoms with E-state index in [1.165, 1.54) is 0 Å². The number of carbonyl (C=O) groups is 1. The molecule has 0 saturated carbocycles. The Bertz CT molecular complexity index is 469. The Morgan fingerprint density at radius 3 is 2.57 bits per heavy atom. The van der Waals surface area contributed by atoms with Gasteiger partial charge in [0.25, 0.3) is 5.91 Å². The van der Waals surface area contributed by atoms with Crippen molar-refractivity contribution in [2.24, 2.45) is 5.92 Å². The number of likely N-dealkylation sites (tertiary alicyclic amines) is 1. The zero-order valence-corrected chi connectivity index (χ0v) is 13.6. The first-order valence-corrected chi connectivity index (χ1v) is 7.84. The van der Waals surface area contributed by atoms with Gasteiger partial charge in [-0.15, -0.1) is 5.10 Å². The predicted octanol–water partition coefficient (Wildman–Crippen LogP) is 1.56. The summed E-state index contributed by atoms with van der Waals surface area (Å²) in [7, 11) is 0. The normalized spacial score (nSPS) is 17.2. The Morgan fingerprint density at radius 2 is 2.05 bits per heavy atom. The lowest BCUT2D eigenvalue weighted by molar-refractivity contribution is 0.0678. The van der Waals surface area contributed by atoms with Gasteiger partial charge in [-0.2, -0.15) is 0 Å². The van der Waals surface area contributed by atoms with Crippen LogP contribution in [0.2, 0.25) is 0 Å². The van der Waals surface area contributed by atoms with Crippen molar-refractivity contribution >= 4 is 5.91 Å². The fourth-order valence-corrected chi connectivity index (χ4v) is 2.52. The van der Waals surface area contributed by atoms with E-state index in [1.54, 1.807) is 0 Å². The smallest absolute Gasteiger partial charge is 0.293 e. The second kappa shape index (κ2) is 6.56. The average Bonchev–Trinajstić information content (AvgIpc) is 2.95. The van der Waals surface area contributed by atoms with Crippen LogP contribution in [0.5, 0.6) is 0 Å². The van der Waals surface area contributed by atoms with Gasteiger partial charge in [-0.25, -0.2) is 4.98 Å². The number of aromatic nitrogens is 3. The first kappa shape index (κ1) is 15.9. The SMILES string of the molecule is CCNCC1CCN(C(=O)c2n[nH]c(C(C)(C)C)n2)CC1. The van der Waals surface area contributed by atoms with Gasteiger partial charge in [0.1, 0.15) is 5.82 Å². The molecule has 1 aliphatic rings. The molecule has 0 aromatic carbocycles. The minimum Gasteiger partial charge on any atom is -0.336 e. The van der Waals surface area contributed by atoms with Crippen LogP contribution in [0.25, 0.3) is 0 Å². The van der Waals surface area contributed by atoms with Crippen molar-refractivity contribution in [3.05, 3.63) is 11.6 Å². The molecule has 6 nitrogen and oxygen atoms in total.